The van der Waals surface area contributed by atoms with E-state index in [0.29, 0.717) is 0 Å². The quantitative estimate of drug-likeness (QED) is 0.684. The maximum absolute atomic E-state index is 2.40. The summed E-state index contributed by atoms with van der Waals surface area (Å²) < 4.78 is 1.34. The van der Waals surface area contributed by atoms with Crippen LogP contribution in [-0.4, -0.2) is 0 Å². The Bertz CT molecular complexity index is 535. The van der Waals surface area contributed by atoms with Crippen LogP contribution in [0.1, 0.15) is 27.8 Å². The van der Waals surface area contributed by atoms with E-state index in [0.717, 1.165) is 12.8 Å². The van der Waals surface area contributed by atoms with Gasteiger partial charge in [0.05, 0.1) is 0 Å². The van der Waals surface area contributed by atoms with Crippen LogP contribution in [0.2, 0.25) is 0 Å². The molecule has 0 nitrogen and oxygen atoms in total. The highest BCUT2D eigenvalue weighted by Crippen LogP contribution is 2.16. The Balaban J connectivity index is 2.08. The molecule has 2 aromatic carbocycles. The van der Waals surface area contributed by atoms with Crippen molar-refractivity contribution in [2.45, 2.75) is 33.6 Å². The Labute approximate surface area is 124 Å². The first-order valence-corrected chi connectivity index (χ1v) is 7.44. The highest BCUT2D eigenvalue weighted by atomic mass is 127. The van der Waals surface area contributed by atoms with Gasteiger partial charge in [-0.2, -0.15) is 0 Å². The predicted octanol–water partition coefficient (Wildman–Crippen LogP) is 5.00. The summed E-state index contributed by atoms with van der Waals surface area (Å²) in [6.45, 7) is 6.53. The molecular weight excluding hydrogens is 331 g/mol. The monoisotopic (exact) mass is 350 g/mol. The third kappa shape index (κ3) is 3.58. The number of halogens is 1. The summed E-state index contributed by atoms with van der Waals surface area (Å²) in [7, 11) is 0. The van der Waals surface area contributed by atoms with E-state index in [4.69, 9.17) is 0 Å². The van der Waals surface area contributed by atoms with Crippen molar-refractivity contribution in [3.05, 3.63) is 67.8 Å². The van der Waals surface area contributed by atoms with Gasteiger partial charge in [-0.15, -0.1) is 0 Å². The van der Waals surface area contributed by atoms with Gasteiger partial charge < -0.3 is 0 Å². The minimum atomic E-state index is 1.13. The molecule has 0 saturated carbocycles. The first kappa shape index (κ1) is 13.6. The second-order valence-electron chi connectivity index (χ2n) is 5.06. The molecule has 0 fully saturated rings. The van der Waals surface area contributed by atoms with Gasteiger partial charge in [0.15, 0.2) is 0 Å². The fraction of sp³-hybridized carbons (Fsp3) is 0.294. The van der Waals surface area contributed by atoms with Crippen LogP contribution >= 0.6 is 22.6 Å². The molecule has 0 spiro atoms. The van der Waals surface area contributed by atoms with Crippen LogP contribution in [0.3, 0.4) is 0 Å². The summed E-state index contributed by atoms with van der Waals surface area (Å²) in [5.74, 6) is 0. The molecule has 0 aliphatic rings. The molecule has 2 rings (SSSR count). The molecule has 0 unspecified atom stereocenters. The molecule has 0 amide bonds. The molecule has 0 saturated heterocycles. The van der Waals surface area contributed by atoms with Gasteiger partial charge in [-0.05, 0) is 96.2 Å². The second kappa shape index (κ2) is 5.87. The zero-order chi connectivity index (χ0) is 13.1. The van der Waals surface area contributed by atoms with E-state index >= 15 is 0 Å². The van der Waals surface area contributed by atoms with Crippen molar-refractivity contribution in [3.63, 3.8) is 0 Å². The third-order valence-corrected chi connectivity index (χ3v) is 4.00. The van der Waals surface area contributed by atoms with E-state index in [1.807, 2.05) is 0 Å². The maximum atomic E-state index is 2.40. The molecule has 1 heteroatoms. The largest absolute Gasteiger partial charge is 0.0588 e. The van der Waals surface area contributed by atoms with Crippen molar-refractivity contribution < 1.29 is 0 Å². The molecule has 94 valence electrons. The average molecular weight is 350 g/mol. The van der Waals surface area contributed by atoms with Crippen molar-refractivity contribution in [1.29, 1.82) is 0 Å². The third-order valence-electron chi connectivity index (χ3n) is 3.38. The van der Waals surface area contributed by atoms with Crippen LogP contribution in [-0.2, 0) is 12.8 Å². The standard InChI is InChI=1S/C17H19I/c1-12-8-16(11-17(18)9-12)7-6-15-5-4-13(2)14(3)10-15/h4-5,8-11H,6-7H2,1-3H3. The van der Waals surface area contributed by atoms with Gasteiger partial charge in [0.1, 0.15) is 0 Å². The van der Waals surface area contributed by atoms with Crippen molar-refractivity contribution >= 4 is 22.6 Å². The van der Waals surface area contributed by atoms with Crippen molar-refractivity contribution in [1.82, 2.24) is 0 Å². The van der Waals surface area contributed by atoms with E-state index in [9.17, 15) is 0 Å². The van der Waals surface area contributed by atoms with Crippen molar-refractivity contribution in [2.75, 3.05) is 0 Å². The van der Waals surface area contributed by atoms with Crippen LogP contribution in [0.25, 0.3) is 0 Å². The van der Waals surface area contributed by atoms with Gasteiger partial charge in [-0.3, -0.25) is 0 Å². The molecule has 18 heavy (non-hydrogen) atoms. The molecule has 0 N–H and O–H groups in total. The summed E-state index contributed by atoms with van der Waals surface area (Å²) >= 11 is 2.40. The number of aryl methyl sites for hydroxylation is 5. The predicted molar refractivity (Wildman–Crippen MR) is 87.2 cm³/mol. The van der Waals surface area contributed by atoms with Crippen LogP contribution in [0.5, 0.6) is 0 Å². The minimum Gasteiger partial charge on any atom is -0.0588 e. The highest BCUT2D eigenvalue weighted by molar-refractivity contribution is 14.1. The van der Waals surface area contributed by atoms with Crippen LogP contribution in [0.4, 0.5) is 0 Å². The molecule has 0 radical (unpaired) electrons. The number of hydrogen-bond donors (Lipinski definition) is 0. The molecule has 0 heterocycles. The Hall–Kier alpha value is -0.830. The zero-order valence-corrected chi connectivity index (χ0v) is 13.4. The number of rotatable bonds is 3. The smallest absolute Gasteiger partial charge is 0.0135 e. The van der Waals surface area contributed by atoms with Crippen molar-refractivity contribution in [3.8, 4) is 0 Å². The van der Waals surface area contributed by atoms with Gasteiger partial charge in [0.25, 0.3) is 0 Å². The first-order valence-electron chi connectivity index (χ1n) is 6.37. The zero-order valence-electron chi connectivity index (χ0n) is 11.3. The Morgan fingerprint density at radius 3 is 2.17 bits per heavy atom. The van der Waals surface area contributed by atoms with Crippen molar-refractivity contribution in [2.24, 2.45) is 0 Å². The molecule has 0 atom stereocenters. The number of hydrogen-bond acceptors (Lipinski definition) is 0. The van der Waals surface area contributed by atoms with E-state index in [1.165, 1.54) is 31.4 Å². The lowest BCUT2D eigenvalue weighted by Crippen LogP contribution is -1.94. The second-order valence-corrected chi connectivity index (χ2v) is 6.30. The molecular formula is C17H19I. The fourth-order valence-corrected chi connectivity index (χ4v) is 3.10. The van der Waals surface area contributed by atoms with Gasteiger partial charge in [-0.25, -0.2) is 0 Å². The van der Waals surface area contributed by atoms with Gasteiger partial charge in [0, 0.05) is 3.57 Å². The molecule has 0 bridgehead atoms. The van der Waals surface area contributed by atoms with Gasteiger partial charge >= 0.3 is 0 Å². The van der Waals surface area contributed by atoms with E-state index in [2.05, 4.69) is 79.8 Å². The molecule has 0 aliphatic carbocycles. The Morgan fingerprint density at radius 2 is 1.50 bits per heavy atom. The highest BCUT2D eigenvalue weighted by Gasteiger charge is 2.00. The lowest BCUT2D eigenvalue weighted by atomic mass is 10.00. The summed E-state index contributed by atoms with van der Waals surface area (Å²) in [5, 5.41) is 0. The molecule has 0 aromatic heterocycles. The molecule has 0 aliphatic heterocycles. The van der Waals surface area contributed by atoms with Gasteiger partial charge in [0.2, 0.25) is 0 Å². The summed E-state index contributed by atoms with van der Waals surface area (Å²) in [5.41, 5.74) is 7.01. The summed E-state index contributed by atoms with van der Waals surface area (Å²) in [6.07, 6.45) is 2.25. The Kier molecular flexibility index (Phi) is 4.44. The molecule has 2 aromatic rings. The fourth-order valence-electron chi connectivity index (χ4n) is 2.20. The van der Waals surface area contributed by atoms with E-state index in [1.54, 1.807) is 0 Å². The van der Waals surface area contributed by atoms with Crippen LogP contribution in [0, 0.1) is 24.3 Å². The van der Waals surface area contributed by atoms with E-state index < -0.39 is 0 Å². The van der Waals surface area contributed by atoms with Gasteiger partial charge in [-0.1, -0.05) is 24.3 Å². The van der Waals surface area contributed by atoms with Crippen LogP contribution < -0.4 is 0 Å². The normalized spacial score (nSPS) is 10.7. The average Bonchev–Trinajstić information content (AvgIpc) is 2.29. The minimum absolute atomic E-state index is 1.13. The maximum Gasteiger partial charge on any atom is 0.0135 e. The topological polar surface area (TPSA) is 0 Å². The lowest BCUT2D eigenvalue weighted by Gasteiger charge is -2.07. The lowest BCUT2D eigenvalue weighted by molar-refractivity contribution is 0.953. The SMILES string of the molecule is Cc1cc(I)cc(CCc2ccc(C)c(C)c2)c1. The van der Waals surface area contributed by atoms with Crippen LogP contribution in [0.15, 0.2) is 36.4 Å². The summed E-state index contributed by atoms with van der Waals surface area (Å²) in [4.78, 5) is 0. The summed E-state index contributed by atoms with van der Waals surface area (Å²) in [6, 6.07) is 13.6. The Morgan fingerprint density at radius 1 is 0.778 bits per heavy atom. The number of benzene rings is 2. The first-order chi connectivity index (χ1) is 8.54. The van der Waals surface area contributed by atoms with E-state index in [-0.39, 0.29) is 0 Å².